The van der Waals surface area contributed by atoms with Crippen LogP contribution in [-0.2, 0) is 0 Å². The van der Waals surface area contributed by atoms with E-state index in [1.54, 1.807) is 0 Å². The summed E-state index contributed by atoms with van der Waals surface area (Å²) in [6, 6.07) is 1.43. The predicted molar refractivity (Wildman–Crippen MR) is 132 cm³/mol. The number of unbranched alkanes of at least 4 members (excludes halogenated alkanes) is 12. The minimum absolute atomic E-state index is 0.331. The fourth-order valence-electron chi connectivity index (χ4n) is 5.39. The van der Waals surface area contributed by atoms with Crippen LogP contribution in [0.2, 0.25) is 0 Å². The van der Waals surface area contributed by atoms with Gasteiger partial charge in [0.15, 0.2) is 0 Å². The number of likely N-dealkylation sites (N-methyl/N-ethyl adjacent to an activating group) is 1. The number of hydrogen-bond acceptors (Lipinski definition) is 1. The number of quaternary nitrogens is 1. The van der Waals surface area contributed by atoms with Gasteiger partial charge in [0, 0.05) is 0 Å². The Balaban J connectivity index is 4.50. The van der Waals surface area contributed by atoms with Crippen molar-refractivity contribution in [3.8, 4) is 0 Å². The van der Waals surface area contributed by atoms with E-state index in [9.17, 15) is 5.11 Å². The highest BCUT2D eigenvalue weighted by Gasteiger charge is 2.37. The summed E-state index contributed by atoms with van der Waals surface area (Å²) in [4.78, 5) is 0. The average Bonchev–Trinajstić information content (AvgIpc) is 2.72. The lowest BCUT2D eigenvalue weighted by Crippen LogP contribution is -2.59. The van der Waals surface area contributed by atoms with Gasteiger partial charge in [-0.1, -0.05) is 105 Å². The highest BCUT2D eigenvalue weighted by molar-refractivity contribution is 4.67. The van der Waals surface area contributed by atoms with Crippen LogP contribution in [0, 0.1) is 0 Å². The summed E-state index contributed by atoms with van der Waals surface area (Å²) in [5.74, 6) is 0. The molecule has 0 aromatic heterocycles. The fourth-order valence-corrected chi connectivity index (χ4v) is 5.39. The van der Waals surface area contributed by atoms with E-state index < -0.39 is 0 Å². The molecule has 0 aliphatic rings. The van der Waals surface area contributed by atoms with Crippen molar-refractivity contribution in [2.24, 2.45) is 0 Å². The van der Waals surface area contributed by atoms with Gasteiger partial charge >= 0.3 is 0 Å². The van der Waals surface area contributed by atoms with Gasteiger partial charge in [-0.15, -0.1) is 0 Å². The molecule has 0 aliphatic carbocycles. The van der Waals surface area contributed by atoms with Gasteiger partial charge in [-0.05, 0) is 38.5 Å². The van der Waals surface area contributed by atoms with Gasteiger partial charge in [-0.2, -0.15) is 0 Å². The van der Waals surface area contributed by atoms with E-state index in [1.807, 2.05) is 0 Å². The van der Waals surface area contributed by atoms with Crippen molar-refractivity contribution >= 4 is 0 Å². The topological polar surface area (TPSA) is 20.2 Å². The van der Waals surface area contributed by atoms with Crippen LogP contribution in [-0.4, -0.2) is 41.9 Å². The molecule has 2 nitrogen and oxygen atoms in total. The van der Waals surface area contributed by atoms with E-state index in [0.717, 1.165) is 11.0 Å². The Morgan fingerprint density at radius 2 is 0.897 bits per heavy atom. The van der Waals surface area contributed by atoms with E-state index >= 15 is 0 Å². The first-order valence-corrected chi connectivity index (χ1v) is 13.6. The Morgan fingerprint density at radius 3 is 1.21 bits per heavy atom. The molecular weight excluding hydrogens is 354 g/mol. The predicted octanol–water partition coefficient (Wildman–Crippen LogP) is 8.26. The molecule has 1 N–H and O–H groups in total. The maximum atomic E-state index is 9.86. The SMILES string of the molecule is CCCCCCCCCC(CC)[N+](C)(CCO)C(CC)CCCCCCCCC. The molecule has 2 unspecified atom stereocenters. The molecule has 29 heavy (non-hydrogen) atoms. The zero-order valence-electron chi connectivity index (χ0n) is 21.2. The third-order valence-electron chi connectivity index (χ3n) is 7.47. The summed E-state index contributed by atoms with van der Waals surface area (Å²) in [5.41, 5.74) is 0. The van der Waals surface area contributed by atoms with Crippen LogP contribution in [0.15, 0.2) is 0 Å². The molecule has 0 rings (SSSR count). The second kappa shape index (κ2) is 19.9. The molecule has 0 aromatic carbocycles. The molecular formula is C27H58NO+. The highest BCUT2D eigenvalue weighted by Crippen LogP contribution is 2.29. The summed E-state index contributed by atoms with van der Waals surface area (Å²) in [6.07, 6.45) is 24.7. The molecule has 0 heterocycles. The first-order valence-electron chi connectivity index (χ1n) is 13.6. The zero-order valence-corrected chi connectivity index (χ0v) is 21.2. The quantitative estimate of drug-likeness (QED) is 0.140. The monoisotopic (exact) mass is 412 g/mol. The Bertz CT molecular complexity index is 304. The Kier molecular flexibility index (Phi) is 19.8. The van der Waals surface area contributed by atoms with Crippen molar-refractivity contribution in [2.45, 2.75) is 155 Å². The van der Waals surface area contributed by atoms with Crippen LogP contribution in [0.3, 0.4) is 0 Å². The molecule has 0 bridgehead atoms. The van der Waals surface area contributed by atoms with Crippen molar-refractivity contribution < 1.29 is 9.59 Å². The van der Waals surface area contributed by atoms with E-state index in [2.05, 4.69) is 34.7 Å². The van der Waals surface area contributed by atoms with Crippen LogP contribution < -0.4 is 0 Å². The molecule has 0 saturated heterocycles. The molecule has 0 amide bonds. The van der Waals surface area contributed by atoms with E-state index in [-0.39, 0.29) is 0 Å². The van der Waals surface area contributed by atoms with E-state index in [1.165, 1.54) is 116 Å². The maximum Gasteiger partial charge on any atom is 0.102 e. The van der Waals surface area contributed by atoms with Crippen LogP contribution in [0.5, 0.6) is 0 Å². The Morgan fingerprint density at radius 1 is 0.552 bits per heavy atom. The standard InChI is InChI=1S/C27H58NO/c1-6-10-12-14-16-18-20-22-26(8-3)28(5,24-25-29)27(9-4)23-21-19-17-15-13-11-7-2/h26-27,29H,6-25H2,1-5H3/q+1. The molecule has 0 radical (unpaired) electrons. The third kappa shape index (κ3) is 13.0. The highest BCUT2D eigenvalue weighted by atomic mass is 16.3. The largest absolute Gasteiger partial charge is 0.391 e. The molecule has 2 heteroatoms. The summed E-state index contributed by atoms with van der Waals surface area (Å²) >= 11 is 0. The van der Waals surface area contributed by atoms with Crippen LogP contribution in [0.1, 0.15) is 143 Å². The lowest BCUT2D eigenvalue weighted by Gasteiger charge is -2.47. The second-order valence-electron chi connectivity index (χ2n) is 9.74. The number of aliphatic hydroxyl groups excluding tert-OH is 1. The van der Waals surface area contributed by atoms with E-state index in [0.29, 0.717) is 18.7 Å². The normalized spacial score (nSPS) is 15.9. The minimum Gasteiger partial charge on any atom is -0.391 e. The molecule has 0 aliphatic heterocycles. The van der Waals surface area contributed by atoms with Gasteiger partial charge in [0.25, 0.3) is 0 Å². The Hall–Kier alpha value is -0.0800. The van der Waals surface area contributed by atoms with Crippen molar-refractivity contribution in [3.05, 3.63) is 0 Å². The summed E-state index contributed by atoms with van der Waals surface area (Å²) in [5, 5.41) is 9.86. The fraction of sp³-hybridized carbons (Fsp3) is 1.00. The lowest BCUT2D eigenvalue weighted by molar-refractivity contribution is -0.957. The van der Waals surface area contributed by atoms with Gasteiger partial charge in [-0.25, -0.2) is 0 Å². The minimum atomic E-state index is 0.331. The van der Waals surface area contributed by atoms with Crippen molar-refractivity contribution in [1.82, 2.24) is 0 Å². The van der Waals surface area contributed by atoms with Gasteiger partial charge < -0.3 is 9.59 Å². The smallest absolute Gasteiger partial charge is 0.102 e. The summed E-state index contributed by atoms with van der Waals surface area (Å²) in [6.45, 7) is 10.6. The first kappa shape index (κ1) is 28.9. The van der Waals surface area contributed by atoms with Crippen LogP contribution in [0.4, 0.5) is 0 Å². The number of nitrogens with zero attached hydrogens (tertiary/aromatic N) is 1. The molecule has 0 saturated carbocycles. The lowest BCUT2D eigenvalue weighted by atomic mass is 9.94. The molecule has 2 atom stereocenters. The van der Waals surface area contributed by atoms with Crippen molar-refractivity contribution in [2.75, 3.05) is 20.2 Å². The third-order valence-corrected chi connectivity index (χ3v) is 7.47. The Labute approximate surface area is 185 Å². The molecule has 0 spiro atoms. The summed E-state index contributed by atoms with van der Waals surface area (Å²) < 4.78 is 1.11. The van der Waals surface area contributed by atoms with E-state index in [4.69, 9.17) is 0 Å². The summed E-state index contributed by atoms with van der Waals surface area (Å²) in [7, 11) is 2.46. The van der Waals surface area contributed by atoms with Crippen molar-refractivity contribution in [3.63, 3.8) is 0 Å². The molecule has 0 fully saturated rings. The average molecular weight is 413 g/mol. The maximum absolute atomic E-state index is 9.86. The molecule has 0 aromatic rings. The first-order chi connectivity index (χ1) is 14.1. The number of aliphatic hydroxyl groups is 1. The van der Waals surface area contributed by atoms with Gasteiger partial charge in [-0.3, -0.25) is 0 Å². The number of hydrogen-bond donors (Lipinski definition) is 1. The van der Waals surface area contributed by atoms with Crippen molar-refractivity contribution in [1.29, 1.82) is 0 Å². The van der Waals surface area contributed by atoms with Gasteiger partial charge in [0.05, 0.1) is 25.7 Å². The van der Waals surface area contributed by atoms with Gasteiger partial charge in [0.1, 0.15) is 6.54 Å². The van der Waals surface area contributed by atoms with Gasteiger partial charge in [0.2, 0.25) is 0 Å². The zero-order chi connectivity index (χ0) is 21.8. The molecule has 176 valence electrons. The number of rotatable bonds is 22. The van der Waals surface area contributed by atoms with Crippen LogP contribution >= 0.6 is 0 Å². The van der Waals surface area contributed by atoms with Crippen LogP contribution in [0.25, 0.3) is 0 Å². The second-order valence-corrected chi connectivity index (χ2v) is 9.74.